The summed E-state index contributed by atoms with van der Waals surface area (Å²) in [5, 5.41) is 11.0. The van der Waals surface area contributed by atoms with Crippen LogP contribution in [0.25, 0.3) is 0 Å². The van der Waals surface area contributed by atoms with Crippen LogP contribution in [0.4, 0.5) is 0 Å². The van der Waals surface area contributed by atoms with Gasteiger partial charge in [0.25, 0.3) is 0 Å². The van der Waals surface area contributed by atoms with E-state index >= 15 is 0 Å². The van der Waals surface area contributed by atoms with Crippen LogP contribution in [0.2, 0.25) is 0 Å². The van der Waals surface area contributed by atoms with Crippen molar-refractivity contribution in [2.24, 2.45) is 0 Å². The van der Waals surface area contributed by atoms with Crippen LogP contribution in [0.15, 0.2) is 18.2 Å². The third kappa shape index (κ3) is 1.70. The molecule has 0 fully saturated rings. The highest BCUT2D eigenvalue weighted by molar-refractivity contribution is 14.1. The predicted molar refractivity (Wildman–Crippen MR) is 52.0 cm³/mol. The first-order valence-corrected chi connectivity index (χ1v) is 4.48. The predicted octanol–water partition coefficient (Wildman–Crippen LogP) is 3.04. The van der Waals surface area contributed by atoms with Crippen molar-refractivity contribution in [2.75, 3.05) is 0 Å². The van der Waals surface area contributed by atoms with Crippen molar-refractivity contribution in [3.8, 4) is 5.75 Å². The number of benzene rings is 1. The Morgan fingerprint density at radius 2 is 1.56 bits per heavy atom. The van der Waals surface area contributed by atoms with Gasteiger partial charge in [0, 0.05) is 0 Å². The molecule has 0 amide bonds. The van der Waals surface area contributed by atoms with E-state index < -0.39 is 0 Å². The highest BCUT2D eigenvalue weighted by atomic mass is 127. The SMILES string of the molecule is [O]c1c(I)cccc1I. The molecule has 0 bridgehead atoms. The fraction of sp³-hybridized carbons (Fsp3) is 0. The molecule has 1 aromatic rings. The lowest BCUT2D eigenvalue weighted by Crippen LogP contribution is -1.74. The molecule has 0 unspecified atom stereocenters. The van der Waals surface area contributed by atoms with Crippen LogP contribution < -0.4 is 0 Å². The first-order valence-electron chi connectivity index (χ1n) is 2.33. The second-order valence-corrected chi connectivity index (χ2v) is 3.88. The number of rotatable bonds is 0. The molecule has 0 spiro atoms. The Balaban J connectivity index is 3.25. The topological polar surface area (TPSA) is 19.9 Å². The molecule has 1 nitrogen and oxygen atoms in total. The highest BCUT2D eigenvalue weighted by Crippen LogP contribution is 2.25. The molecule has 0 atom stereocenters. The first kappa shape index (κ1) is 7.59. The van der Waals surface area contributed by atoms with Crippen molar-refractivity contribution < 1.29 is 5.11 Å². The molecule has 1 rings (SSSR count). The zero-order valence-electron chi connectivity index (χ0n) is 4.40. The summed E-state index contributed by atoms with van der Waals surface area (Å²) in [7, 11) is 0. The van der Waals surface area contributed by atoms with E-state index in [0.717, 1.165) is 7.14 Å². The van der Waals surface area contributed by atoms with Crippen LogP contribution in [-0.4, -0.2) is 0 Å². The molecule has 0 aromatic heterocycles. The molecule has 0 aliphatic heterocycles. The molecule has 1 aromatic carbocycles. The van der Waals surface area contributed by atoms with E-state index in [4.69, 9.17) is 0 Å². The molecule has 0 aliphatic rings. The average molecular weight is 345 g/mol. The first-order chi connectivity index (χ1) is 4.22. The fourth-order valence-electron chi connectivity index (χ4n) is 0.483. The van der Waals surface area contributed by atoms with E-state index in [0.29, 0.717) is 0 Å². The maximum absolute atomic E-state index is 11.0. The summed E-state index contributed by atoms with van der Waals surface area (Å²) in [5.74, 6) is 0.138. The molecule has 0 aliphatic carbocycles. The normalized spacial score (nSPS) is 9.56. The van der Waals surface area contributed by atoms with Crippen molar-refractivity contribution in [2.45, 2.75) is 0 Å². The van der Waals surface area contributed by atoms with E-state index in [1.165, 1.54) is 0 Å². The maximum Gasteiger partial charge on any atom is 0.205 e. The van der Waals surface area contributed by atoms with Gasteiger partial charge in [0.05, 0.1) is 7.14 Å². The van der Waals surface area contributed by atoms with Gasteiger partial charge in [-0.1, -0.05) is 6.07 Å². The van der Waals surface area contributed by atoms with Gasteiger partial charge in [-0.05, 0) is 57.3 Å². The molecule has 0 heterocycles. The minimum atomic E-state index is 0.138. The maximum atomic E-state index is 11.0. The Hall–Kier alpha value is 0.480. The van der Waals surface area contributed by atoms with E-state index in [2.05, 4.69) is 0 Å². The van der Waals surface area contributed by atoms with E-state index in [9.17, 15) is 5.11 Å². The molecule has 0 N–H and O–H groups in total. The fourth-order valence-corrected chi connectivity index (χ4v) is 1.99. The number of halogens is 2. The largest absolute Gasteiger partial charge is 0.288 e. The lowest BCUT2D eigenvalue weighted by atomic mass is 10.3. The van der Waals surface area contributed by atoms with Crippen molar-refractivity contribution in [3.63, 3.8) is 0 Å². The molecule has 0 saturated heterocycles. The lowest BCUT2D eigenvalue weighted by molar-refractivity contribution is 0.348. The summed E-state index contributed by atoms with van der Waals surface area (Å²) >= 11 is 4.07. The van der Waals surface area contributed by atoms with Gasteiger partial charge >= 0.3 is 0 Å². The summed E-state index contributed by atoms with van der Waals surface area (Å²) in [4.78, 5) is 0. The minimum absolute atomic E-state index is 0.138. The third-order valence-corrected chi connectivity index (χ3v) is 2.62. The van der Waals surface area contributed by atoms with Crippen molar-refractivity contribution in [3.05, 3.63) is 25.3 Å². The van der Waals surface area contributed by atoms with Gasteiger partial charge in [-0.25, -0.2) is 0 Å². The molecule has 9 heavy (non-hydrogen) atoms. The zero-order chi connectivity index (χ0) is 6.85. The molecule has 47 valence electrons. The number of hydrogen-bond donors (Lipinski definition) is 0. The Labute approximate surface area is 80.7 Å². The third-order valence-electron chi connectivity index (χ3n) is 0.919. The van der Waals surface area contributed by atoms with Gasteiger partial charge in [0.15, 0.2) is 0 Å². The van der Waals surface area contributed by atoms with Crippen molar-refractivity contribution >= 4 is 45.2 Å². The Morgan fingerprint density at radius 1 is 1.11 bits per heavy atom. The average Bonchev–Trinajstić information content (AvgIpc) is 1.83. The summed E-state index contributed by atoms with van der Waals surface area (Å²) in [6, 6.07) is 5.50. The molecular weight excluding hydrogens is 342 g/mol. The highest BCUT2D eigenvalue weighted by Gasteiger charge is 2.01. The Kier molecular flexibility index (Phi) is 2.57. The van der Waals surface area contributed by atoms with E-state index in [1.54, 1.807) is 0 Å². The smallest absolute Gasteiger partial charge is 0.205 e. The van der Waals surface area contributed by atoms with Crippen LogP contribution in [0.5, 0.6) is 5.75 Å². The second kappa shape index (κ2) is 3.05. The van der Waals surface area contributed by atoms with Crippen molar-refractivity contribution in [1.29, 1.82) is 0 Å². The standard InChI is InChI=1S/C6H3I2O/c7-4-2-1-3-5(8)6(4)9/h1-3H. The van der Waals surface area contributed by atoms with E-state index in [1.807, 2.05) is 63.4 Å². The van der Waals surface area contributed by atoms with Gasteiger partial charge in [0.1, 0.15) is 0 Å². The molecule has 3 heteroatoms. The van der Waals surface area contributed by atoms with Gasteiger partial charge in [-0.2, -0.15) is 0 Å². The van der Waals surface area contributed by atoms with Crippen LogP contribution in [-0.2, 0) is 5.11 Å². The Bertz CT molecular complexity index is 202. The quantitative estimate of drug-likeness (QED) is 0.645. The van der Waals surface area contributed by atoms with Gasteiger partial charge in [-0.15, -0.1) is 0 Å². The van der Waals surface area contributed by atoms with Crippen molar-refractivity contribution in [1.82, 2.24) is 0 Å². The van der Waals surface area contributed by atoms with Gasteiger partial charge in [-0.3, -0.25) is 5.11 Å². The summed E-state index contributed by atoms with van der Waals surface area (Å²) in [5.41, 5.74) is 0. The summed E-state index contributed by atoms with van der Waals surface area (Å²) in [6.45, 7) is 0. The second-order valence-electron chi connectivity index (χ2n) is 1.55. The lowest BCUT2D eigenvalue weighted by Gasteiger charge is -1.92. The van der Waals surface area contributed by atoms with Crippen LogP contribution in [0.3, 0.4) is 0 Å². The zero-order valence-corrected chi connectivity index (χ0v) is 8.71. The van der Waals surface area contributed by atoms with Crippen LogP contribution in [0.1, 0.15) is 0 Å². The molecule has 0 saturated carbocycles. The van der Waals surface area contributed by atoms with Crippen LogP contribution >= 0.6 is 45.2 Å². The minimum Gasteiger partial charge on any atom is -0.288 e. The number of para-hydroxylation sites is 1. The van der Waals surface area contributed by atoms with Gasteiger partial charge < -0.3 is 0 Å². The monoisotopic (exact) mass is 345 g/mol. The Morgan fingerprint density at radius 3 is 1.89 bits per heavy atom. The summed E-state index contributed by atoms with van der Waals surface area (Å²) in [6.07, 6.45) is 0. The van der Waals surface area contributed by atoms with Gasteiger partial charge in [0.2, 0.25) is 5.75 Å². The molecule has 1 radical (unpaired) electrons. The van der Waals surface area contributed by atoms with Crippen LogP contribution in [0, 0.1) is 7.14 Å². The molecular formula is C6H3I2O. The number of hydrogen-bond acceptors (Lipinski definition) is 0. The van der Waals surface area contributed by atoms with E-state index in [-0.39, 0.29) is 5.75 Å². The summed E-state index contributed by atoms with van der Waals surface area (Å²) < 4.78 is 1.58.